The smallest absolute Gasteiger partial charge is 0.394 e. The molecule has 0 radical (unpaired) electrons. The van der Waals surface area contributed by atoms with Gasteiger partial charge in [-0.1, -0.05) is 31.6 Å². The second-order valence-corrected chi connectivity index (χ2v) is 7.26. The number of aliphatic hydroxyl groups is 1. The summed E-state index contributed by atoms with van der Waals surface area (Å²) in [6, 6.07) is 3.06. The van der Waals surface area contributed by atoms with Crippen molar-refractivity contribution < 1.29 is 33.5 Å². The maximum absolute atomic E-state index is 12.4. The van der Waals surface area contributed by atoms with E-state index < -0.39 is 28.9 Å². The highest BCUT2D eigenvalue weighted by molar-refractivity contribution is 8.42. The molecule has 1 amide bonds. The number of likely N-dealkylation sites (tertiary alicyclic amines) is 1. The fraction of sp³-hybridized carbons (Fsp3) is 0.462. The number of amides is 1. The second kappa shape index (κ2) is 5.23. The molecule has 0 spiro atoms. The molecule has 1 aliphatic rings. The first-order valence-corrected chi connectivity index (χ1v) is 8.71. The third kappa shape index (κ3) is 5.24. The van der Waals surface area contributed by atoms with E-state index in [9.17, 15) is 29.3 Å². The van der Waals surface area contributed by atoms with Crippen LogP contribution in [-0.4, -0.2) is 29.1 Å². The Morgan fingerprint density at radius 1 is 1.22 bits per heavy atom. The monoisotopic (exact) mass is 361 g/mol. The van der Waals surface area contributed by atoms with E-state index in [1.54, 1.807) is 0 Å². The standard InChI is InChI=1S/C13H16F5NO3S/c14-23(15,16,17,18)22-11-5-3-4-10(8-11)12(9-20)19-7-2-1-6-13(19)21/h3-5,8,12,20H,1-2,6-7,9H2. The lowest BCUT2D eigenvalue weighted by atomic mass is 10.0. The van der Waals surface area contributed by atoms with Crippen molar-refractivity contribution >= 4 is 16.4 Å². The molecule has 0 aromatic heterocycles. The van der Waals surface area contributed by atoms with Crippen LogP contribution in [0.25, 0.3) is 0 Å². The summed E-state index contributed by atoms with van der Waals surface area (Å²) in [5, 5.41) is 9.48. The maximum Gasteiger partial charge on any atom is 0.435 e. The van der Waals surface area contributed by atoms with Crippen molar-refractivity contribution in [3.8, 4) is 5.75 Å². The molecule has 2 rings (SSSR count). The zero-order valence-electron chi connectivity index (χ0n) is 11.9. The zero-order chi connectivity index (χ0) is 17.4. The second-order valence-electron chi connectivity index (χ2n) is 5.30. The van der Waals surface area contributed by atoms with Gasteiger partial charge in [0.1, 0.15) is 5.75 Å². The van der Waals surface area contributed by atoms with Gasteiger partial charge in [0.05, 0.1) is 12.6 Å². The van der Waals surface area contributed by atoms with Gasteiger partial charge in [0.2, 0.25) is 5.91 Å². The van der Waals surface area contributed by atoms with Crippen molar-refractivity contribution in [2.24, 2.45) is 0 Å². The number of hydrogen-bond acceptors (Lipinski definition) is 3. The Morgan fingerprint density at radius 2 is 1.91 bits per heavy atom. The average Bonchev–Trinajstić information content (AvgIpc) is 2.38. The molecule has 0 bridgehead atoms. The molecule has 132 valence electrons. The Morgan fingerprint density at radius 3 is 2.48 bits per heavy atom. The molecule has 4 nitrogen and oxygen atoms in total. The predicted octanol–water partition coefficient (Wildman–Crippen LogP) is 4.32. The van der Waals surface area contributed by atoms with Gasteiger partial charge in [-0.15, -0.1) is 0 Å². The lowest BCUT2D eigenvalue weighted by Gasteiger charge is -2.39. The van der Waals surface area contributed by atoms with Crippen LogP contribution in [0.3, 0.4) is 0 Å². The zero-order valence-corrected chi connectivity index (χ0v) is 12.7. The van der Waals surface area contributed by atoms with Crippen LogP contribution >= 0.6 is 10.5 Å². The van der Waals surface area contributed by atoms with Gasteiger partial charge < -0.3 is 14.2 Å². The van der Waals surface area contributed by atoms with Crippen molar-refractivity contribution in [2.45, 2.75) is 25.3 Å². The van der Waals surface area contributed by atoms with Gasteiger partial charge in [-0.3, -0.25) is 4.79 Å². The molecule has 1 aromatic rings. The van der Waals surface area contributed by atoms with E-state index in [-0.39, 0.29) is 17.9 Å². The number of halogens is 5. The van der Waals surface area contributed by atoms with Crippen LogP contribution in [0, 0.1) is 0 Å². The normalized spacial score (nSPS) is 20.6. The summed E-state index contributed by atoms with van der Waals surface area (Å²) in [5.41, 5.74) is 0.0992. The van der Waals surface area contributed by atoms with Crippen LogP contribution < -0.4 is 4.18 Å². The maximum atomic E-state index is 12.4. The van der Waals surface area contributed by atoms with E-state index in [1.165, 1.54) is 11.0 Å². The van der Waals surface area contributed by atoms with Crippen LogP contribution in [0.4, 0.5) is 19.4 Å². The fourth-order valence-electron chi connectivity index (χ4n) is 2.50. The number of nitrogens with zero attached hydrogens (tertiary/aromatic N) is 1. The van der Waals surface area contributed by atoms with Crippen molar-refractivity contribution in [2.75, 3.05) is 13.2 Å². The fourth-order valence-corrected chi connectivity index (χ4v) is 2.96. The molecule has 1 aromatic carbocycles. The van der Waals surface area contributed by atoms with Crippen molar-refractivity contribution in [3.63, 3.8) is 0 Å². The van der Waals surface area contributed by atoms with Crippen LogP contribution in [-0.2, 0) is 4.79 Å². The van der Waals surface area contributed by atoms with Gasteiger partial charge >= 0.3 is 10.5 Å². The molecule has 1 saturated heterocycles. The number of rotatable bonds is 5. The molecule has 0 aliphatic carbocycles. The van der Waals surface area contributed by atoms with Gasteiger partial charge in [0.15, 0.2) is 0 Å². The van der Waals surface area contributed by atoms with Crippen LogP contribution in [0.1, 0.15) is 30.9 Å². The first-order valence-electron chi connectivity index (χ1n) is 6.83. The van der Waals surface area contributed by atoms with Crippen LogP contribution in [0.5, 0.6) is 5.75 Å². The van der Waals surface area contributed by atoms with Gasteiger partial charge in [0.25, 0.3) is 0 Å². The Balaban J connectivity index is 2.29. The minimum atomic E-state index is -10.1. The highest BCUT2D eigenvalue weighted by Crippen LogP contribution is 2.97. The third-order valence-electron chi connectivity index (χ3n) is 3.41. The average molecular weight is 361 g/mol. The Kier molecular flexibility index (Phi) is 4.05. The molecule has 1 heterocycles. The summed E-state index contributed by atoms with van der Waals surface area (Å²) in [5.74, 6) is -1.32. The highest BCUT2D eigenvalue weighted by atomic mass is 32.5. The first kappa shape index (κ1) is 17.8. The molecular formula is C13H16F5NO3S. The van der Waals surface area contributed by atoms with Gasteiger partial charge in [-0.25, -0.2) is 0 Å². The highest BCUT2D eigenvalue weighted by Gasteiger charge is 2.67. The molecule has 23 heavy (non-hydrogen) atoms. The third-order valence-corrected chi connectivity index (χ3v) is 3.91. The molecule has 0 saturated carbocycles. The predicted molar refractivity (Wildman–Crippen MR) is 75.6 cm³/mol. The van der Waals surface area contributed by atoms with E-state index >= 15 is 0 Å². The summed E-state index contributed by atoms with van der Waals surface area (Å²) in [4.78, 5) is 13.2. The molecule has 1 fully saturated rings. The van der Waals surface area contributed by atoms with Gasteiger partial charge in [-0.2, -0.15) is 0 Å². The number of carbonyl (C=O) groups excluding carboxylic acids is 1. The number of aliphatic hydroxyl groups excluding tert-OH is 1. The van der Waals surface area contributed by atoms with Crippen molar-refractivity contribution in [1.29, 1.82) is 0 Å². The van der Waals surface area contributed by atoms with E-state index in [4.69, 9.17) is 0 Å². The Labute approximate surface area is 129 Å². The molecule has 1 unspecified atom stereocenters. The van der Waals surface area contributed by atoms with Gasteiger partial charge in [-0.05, 0) is 30.5 Å². The molecular weight excluding hydrogens is 345 g/mol. The first-order chi connectivity index (χ1) is 10.4. The number of carbonyl (C=O) groups is 1. The molecule has 1 N–H and O–H groups in total. The summed E-state index contributed by atoms with van der Waals surface area (Å²) >= 11 is 0. The van der Waals surface area contributed by atoms with Crippen molar-refractivity contribution in [3.05, 3.63) is 29.8 Å². The van der Waals surface area contributed by atoms with E-state index in [0.717, 1.165) is 18.2 Å². The van der Waals surface area contributed by atoms with Gasteiger partial charge in [0, 0.05) is 13.0 Å². The number of benzene rings is 1. The lowest BCUT2D eigenvalue weighted by molar-refractivity contribution is -0.137. The lowest BCUT2D eigenvalue weighted by Crippen LogP contribution is -2.39. The summed E-state index contributed by atoms with van der Waals surface area (Å²) in [6.45, 7) is -0.192. The molecule has 1 atom stereocenters. The Hall–Kier alpha value is -1.55. The van der Waals surface area contributed by atoms with Crippen molar-refractivity contribution in [1.82, 2.24) is 4.90 Å². The number of piperidine rings is 1. The topological polar surface area (TPSA) is 49.8 Å². The molecule has 10 heteroatoms. The minimum Gasteiger partial charge on any atom is -0.394 e. The summed E-state index contributed by atoms with van der Waals surface area (Å²) in [6.07, 6.45) is 1.67. The SMILES string of the molecule is O=C1CCCCN1C(CO)c1cccc(OS(F)(F)(F)(F)F)c1. The van der Waals surface area contributed by atoms with E-state index in [1.807, 2.05) is 0 Å². The summed E-state index contributed by atoms with van der Waals surface area (Å²) < 4.78 is 65.0. The largest absolute Gasteiger partial charge is 0.435 e. The summed E-state index contributed by atoms with van der Waals surface area (Å²) in [7, 11) is -10.1. The van der Waals surface area contributed by atoms with E-state index in [0.29, 0.717) is 19.4 Å². The van der Waals surface area contributed by atoms with Crippen LogP contribution in [0.2, 0.25) is 0 Å². The minimum absolute atomic E-state index is 0.0992. The molecule has 1 aliphatic heterocycles. The number of hydrogen-bond donors (Lipinski definition) is 1. The quantitative estimate of drug-likeness (QED) is 0.795. The van der Waals surface area contributed by atoms with Crippen LogP contribution in [0.15, 0.2) is 24.3 Å². The van der Waals surface area contributed by atoms with E-state index in [2.05, 4.69) is 4.18 Å². The Bertz CT molecular complexity index is 607.